The van der Waals surface area contributed by atoms with E-state index in [-0.39, 0.29) is 49.6 Å². The monoisotopic (exact) mass is 449 g/mol. The molecule has 172 valence electrons. The first kappa shape index (κ1) is 22.4. The van der Waals surface area contributed by atoms with Gasteiger partial charge in [0.15, 0.2) is 5.76 Å². The number of hydrogen-bond donors (Lipinski definition) is 2. The average Bonchev–Trinajstić information content (AvgIpc) is 3.24. The molecule has 0 bridgehead atoms. The van der Waals surface area contributed by atoms with Gasteiger partial charge < -0.3 is 24.7 Å². The summed E-state index contributed by atoms with van der Waals surface area (Å²) in [4.78, 5) is 39.8. The third-order valence-electron chi connectivity index (χ3n) is 5.48. The maximum Gasteiger partial charge on any atom is 0.289 e. The summed E-state index contributed by atoms with van der Waals surface area (Å²) in [5, 5.41) is 6.54. The summed E-state index contributed by atoms with van der Waals surface area (Å²) in [7, 11) is 0. The van der Waals surface area contributed by atoms with Crippen molar-refractivity contribution in [2.24, 2.45) is 0 Å². The molecule has 2 aromatic carbocycles. The van der Waals surface area contributed by atoms with Gasteiger partial charge in [-0.25, -0.2) is 0 Å². The topological polar surface area (TPSA) is 101 Å². The molecule has 2 N–H and O–H groups in total. The van der Waals surface area contributed by atoms with Crippen molar-refractivity contribution in [1.82, 2.24) is 15.5 Å². The van der Waals surface area contributed by atoms with Gasteiger partial charge in [-0.15, -0.1) is 0 Å². The lowest BCUT2D eigenvalue weighted by atomic mass is 10.1. The molecule has 0 spiro atoms. The van der Waals surface area contributed by atoms with Crippen molar-refractivity contribution < 1.29 is 23.5 Å². The van der Waals surface area contributed by atoms with Crippen molar-refractivity contribution >= 4 is 28.7 Å². The highest BCUT2D eigenvalue weighted by Crippen LogP contribution is 2.21. The summed E-state index contributed by atoms with van der Waals surface area (Å²) in [6.45, 7) is 3.39. The minimum Gasteiger partial charge on any atom is -0.491 e. The Morgan fingerprint density at radius 3 is 2.70 bits per heavy atom. The molecule has 8 heteroatoms. The Balaban J connectivity index is 1.53. The highest BCUT2D eigenvalue weighted by molar-refractivity contribution is 5.97. The van der Waals surface area contributed by atoms with Crippen molar-refractivity contribution in [1.29, 1.82) is 0 Å². The molecule has 0 saturated carbocycles. The van der Waals surface area contributed by atoms with Crippen LogP contribution in [-0.4, -0.2) is 55.4 Å². The molecule has 0 saturated heterocycles. The Morgan fingerprint density at radius 2 is 1.85 bits per heavy atom. The fraction of sp³-hybridized carbons (Fsp3) is 0.320. The molecular formula is C25H27N3O5. The lowest BCUT2D eigenvalue weighted by Gasteiger charge is -2.22. The Morgan fingerprint density at radius 1 is 1.00 bits per heavy atom. The number of aryl methyl sites for hydroxylation is 1. The van der Waals surface area contributed by atoms with Crippen LogP contribution in [0, 0.1) is 6.92 Å². The van der Waals surface area contributed by atoms with Crippen molar-refractivity contribution in [2.45, 2.75) is 19.8 Å². The summed E-state index contributed by atoms with van der Waals surface area (Å²) in [5.41, 5.74) is 1.99. The zero-order chi connectivity index (χ0) is 23.2. The number of furan rings is 1. The maximum atomic E-state index is 13.2. The largest absolute Gasteiger partial charge is 0.491 e. The Labute approximate surface area is 191 Å². The van der Waals surface area contributed by atoms with Gasteiger partial charge in [0.1, 0.15) is 17.9 Å². The highest BCUT2D eigenvalue weighted by atomic mass is 16.5. The predicted molar refractivity (Wildman–Crippen MR) is 123 cm³/mol. The van der Waals surface area contributed by atoms with E-state index in [0.717, 1.165) is 10.9 Å². The molecule has 1 aliphatic heterocycles. The van der Waals surface area contributed by atoms with Crippen LogP contribution in [-0.2, 0) is 4.79 Å². The molecule has 0 radical (unpaired) electrons. The van der Waals surface area contributed by atoms with E-state index in [2.05, 4.69) is 10.6 Å². The van der Waals surface area contributed by atoms with Gasteiger partial charge in [0.05, 0.1) is 12.1 Å². The number of nitrogens with one attached hydrogen (secondary N) is 2. The van der Waals surface area contributed by atoms with E-state index in [0.29, 0.717) is 36.4 Å². The zero-order valence-corrected chi connectivity index (χ0v) is 18.6. The number of rotatable bonds is 1. The van der Waals surface area contributed by atoms with Crippen LogP contribution in [0.3, 0.4) is 0 Å². The standard InChI is InChI=1S/C25H27N3O5/c1-17-8-9-21-19(15-17)24(30)27-10-13-28(12-4-7-23(29)26-11-14-32-21)25(31)22-16-18-5-2-3-6-20(18)33-22/h2-3,5-6,8-9,15-16H,4,7,10-14H2,1H3,(H,26,29)(H,27,30). The van der Waals surface area contributed by atoms with Gasteiger partial charge in [-0.3, -0.25) is 14.4 Å². The van der Waals surface area contributed by atoms with E-state index in [9.17, 15) is 14.4 Å². The van der Waals surface area contributed by atoms with Gasteiger partial charge in [-0.2, -0.15) is 0 Å². The zero-order valence-electron chi connectivity index (χ0n) is 18.6. The Hall–Kier alpha value is -3.81. The van der Waals surface area contributed by atoms with Crippen molar-refractivity contribution in [3.8, 4) is 5.75 Å². The quantitative estimate of drug-likeness (QED) is 0.595. The van der Waals surface area contributed by atoms with Gasteiger partial charge >= 0.3 is 0 Å². The SMILES string of the molecule is Cc1ccc2c(c1)C(=O)NCCN(C(=O)c1cc3ccccc3o1)CCCC(=O)NCCO2. The van der Waals surface area contributed by atoms with Crippen LogP contribution in [0.15, 0.2) is 52.9 Å². The van der Waals surface area contributed by atoms with E-state index in [4.69, 9.17) is 9.15 Å². The summed E-state index contributed by atoms with van der Waals surface area (Å²) in [6, 6.07) is 14.5. The smallest absolute Gasteiger partial charge is 0.289 e. The molecule has 2 heterocycles. The Bertz CT molecular complexity index is 1140. The van der Waals surface area contributed by atoms with E-state index >= 15 is 0 Å². The molecule has 1 aliphatic rings. The first-order valence-electron chi connectivity index (χ1n) is 11.1. The number of carbonyl (C=O) groups is 3. The average molecular weight is 450 g/mol. The van der Waals surface area contributed by atoms with Crippen LogP contribution < -0.4 is 15.4 Å². The molecule has 0 atom stereocenters. The van der Waals surface area contributed by atoms with E-state index in [1.807, 2.05) is 37.3 Å². The second kappa shape index (κ2) is 10.2. The van der Waals surface area contributed by atoms with Crippen LogP contribution in [0.4, 0.5) is 0 Å². The Kier molecular flexibility index (Phi) is 6.92. The number of fused-ring (bicyclic) bond motifs is 2. The van der Waals surface area contributed by atoms with E-state index in [1.165, 1.54) is 0 Å². The molecule has 0 aliphatic carbocycles. The molecule has 33 heavy (non-hydrogen) atoms. The second-order valence-corrected chi connectivity index (χ2v) is 8.00. The minimum absolute atomic E-state index is 0.108. The first-order chi connectivity index (χ1) is 16.0. The predicted octanol–water partition coefficient (Wildman–Crippen LogP) is 2.90. The lowest BCUT2D eigenvalue weighted by molar-refractivity contribution is -0.121. The summed E-state index contributed by atoms with van der Waals surface area (Å²) >= 11 is 0. The maximum absolute atomic E-state index is 13.2. The molecule has 1 aromatic heterocycles. The molecule has 3 amide bonds. The number of hydrogen-bond acceptors (Lipinski definition) is 5. The van der Waals surface area contributed by atoms with Gasteiger partial charge in [0, 0.05) is 31.4 Å². The van der Waals surface area contributed by atoms with Crippen molar-refractivity contribution in [3.05, 3.63) is 65.4 Å². The first-order valence-corrected chi connectivity index (χ1v) is 11.1. The number of nitrogens with zero attached hydrogens (tertiary/aromatic N) is 1. The molecule has 0 unspecified atom stereocenters. The third-order valence-corrected chi connectivity index (χ3v) is 5.48. The molecular weight excluding hydrogens is 422 g/mol. The van der Waals surface area contributed by atoms with Gasteiger partial charge in [-0.1, -0.05) is 29.8 Å². The van der Waals surface area contributed by atoms with Crippen molar-refractivity contribution in [3.63, 3.8) is 0 Å². The normalized spacial score (nSPS) is 16.1. The number of ether oxygens (including phenoxy) is 1. The number of amides is 3. The van der Waals surface area contributed by atoms with Crippen LogP contribution in [0.25, 0.3) is 11.0 Å². The number of benzene rings is 2. The van der Waals surface area contributed by atoms with Crippen LogP contribution in [0.1, 0.15) is 39.3 Å². The fourth-order valence-electron chi connectivity index (χ4n) is 3.78. The molecule has 3 aromatic rings. The summed E-state index contributed by atoms with van der Waals surface area (Å²) in [5.74, 6) is 0.0353. The number of para-hydroxylation sites is 1. The minimum atomic E-state index is -0.274. The lowest BCUT2D eigenvalue weighted by Crippen LogP contribution is -2.39. The van der Waals surface area contributed by atoms with Crippen LogP contribution >= 0.6 is 0 Å². The van der Waals surface area contributed by atoms with Crippen LogP contribution in [0.5, 0.6) is 5.75 Å². The van der Waals surface area contributed by atoms with Crippen LogP contribution in [0.2, 0.25) is 0 Å². The highest BCUT2D eigenvalue weighted by Gasteiger charge is 2.21. The fourth-order valence-corrected chi connectivity index (χ4v) is 3.78. The van der Waals surface area contributed by atoms with Crippen molar-refractivity contribution in [2.75, 3.05) is 32.8 Å². The number of carbonyl (C=O) groups excluding carboxylic acids is 3. The van der Waals surface area contributed by atoms with E-state index < -0.39 is 0 Å². The van der Waals surface area contributed by atoms with Gasteiger partial charge in [-0.05, 0) is 37.6 Å². The second-order valence-electron chi connectivity index (χ2n) is 8.00. The van der Waals surface area contributed by atoms with Gasteiger partial charge in [0.25, 0.3) is 11.8 Å². The van der Waals surface area contributed by atoms with E-state index in [1.54, 1.807) is 23.1 Å². The summed E-state index contributed by atoms with van der Waals surface area (Å²) in [6.07, 6.45) is 0.776. The summed E-state index contributed by atoms with van der Waals surface area (Å²) < 4.78 is 11.5. The molecule has 8 nitrogen and oxygen atoms in total. The molecule has 0 fully saturated rings. The third kappa shape index (κ3) is 5.52. The van der Waals surface area contributed by atoms with Gasteiger partial charge in [0.2, 0.25) is 5.91 Å². The molecule has 4 rings (SSSR count).